The van der Waals surface area contributed by atoms with Gasteiger partial charge in [0, 0.05) is 29.1 Å². The zero-order valence-electron chi connectivity index (χ0n) is 11.3. The van der Waals surface area contributed by atoms with Gasteiger partial charge in [0.05, 0.1) is 0 Å². The van der Waals surface area contributed by atoms with Gasteiger partial charge in [0.15, 0.2) is 0 Å². The molecule has 0 bridgehead atoms. The van der Waals surface area contributed by atoms with Crippen LogP contribution in [-0.4, -0.2) is 23.3 Å². The number of likely N-dealkylation sites (N-methyl/N-ethyl adjacent to an activating group) is 1. The number of hydrogen-bond donors (Lipinski definition) is 1. The summed E-state index contributed by atoms with van der Waals surface area (Å²) >= 11 is 1.91. The summed E-state index contributed by atoms with van der Waals surface area (Å²) in [6.07, 6.45) is 4.78. The molecule has 1 atom stereocenters. The molecule has 3 heteroatoms. The SMILES string of the molecule is CCNC(CSc1ccccc1)Cc1ccncc1. The summed E-state index contributed by atoms with van der Waals surface area (Å²) in [6, 6.07) is 15.3. The summed E-state index contributed by atoms with van der Waals surface area (Å²) in [5, 5.41) is 3.56. The zero-order chi connectivity index (χ0) is 13.3. The predicted molar refractivity (Wildman–Crippen MR) is 82.6 cm³/mol. The molecule has 0 saturated carbocycles. The van der Waals surface area contributed by atoms with E-state index in [0.717, 1.165) is 18.7 Å². The molecule has 2 aromatic rings. The highest BCUT2D eigenvalue weighted by Crippen LogP contribution is 2.19. The maximum atomic E-state index is 4.07. The zero-order valence-corrected chi connectivity index (χ0v) is 12.1. The fraction of sp³-hybridized carbons (Fsp3) is 0.312. The lowest BCUT2D eigenvalue weighted by atomic mass is 10.1. The van der Waals surface area contributed by atoms with Gasteiger partial charge >= 0.3 is 0 Å². The van der Waals surface area contributed by atoms with Crippen molar-refractivity contribution in [2.24, 2.45) is 0 Å². The molecule has 100 valence electrons. The second kappa shape index (κ2) is 7.97. The molecule has 0 aliphatic rings. The van der Waals surface area contributed by atoms with Crippen molar-refractivity contribution in [3.63, 3.8) is 0 Å². The van der Waals surface area contributed by atoms with E-state index in [0.29, 0.717) is 6.04 Å². The monoisotopic (exact) mass is 272 g/mol. The fourth-order valence-corrected chi connectivity index (χ4v) is 2.97. The summed E-state index contributed by atoms with van der Waals surface area (Å²) in [7, 11) is 0. The van der Waals surface area contributed by atoms with Gasteiger partial charge in [-0.2, -0.15) is 0 Å². The van der Waals surface area contributed by atoms with E-state index in [1.54, 1.807) is 0 Å². The third kappa shape index (κ3) is 5.05. The Kier molecular flexibility index (Phi) is 5.92. The van der Waals surface area contributed by atoms with Crippen molar-refractivity contribution in [3.8, 4) is 0 Å². The van der Waals surface area contributed by atoms with Crippen LogP contribution in [0.1, 0.15) is 12.5 Å². The maximum absolute atomic E-state index is 4.07. The molecule has 2 rings (SSSR count). The van der Waals surface area contributed by atoms with E-state index in [1.165, 1.54) is 10.5 Å². The van der Waals surface area contributed by atoms with Crippen LogP contribution >= 0.6 is 11.8 Å². The molecule has 0 amide bonds. The number of aromatic nitrogens is 1. The highest BCUT2D eigenvalue weighted by molar-refractivity contribution is 7.99. The smallest absolute Gasteiger partial charge is 0.0270 e. The van der Waals surface area contributed by atoms with E-state index in [1.807, 2.05) is 24.2 Å². The lowest BCUT2D eigenvalue weighted by molar-refractivity contribution is 0.572. The average Bonchev–Trinajstić information content (AvgIpc) is 2.47. The number of thioether (sulfide) groups is 1. The summed E-state index contributed by atoms with van der Waals surface area (Å²) in [5.41, 5.74) is 1.34. The van der Waals surface area contributed by atoms with Crippen molar-refractivity contribution in [1.29, 1.82) is 0 Å². The largest absolute Gasteiger partial charge is 0.313 e. The summed E-state index contributed by atoms with van der Waals surface area (Å²) in [6.45, 7) is 3.16. The van der Waals surface area contributed by atoms with Crippen molar-refractivity contribution >= 4 is 11.8 Å². The van der Waals surface area contributed by atoms with Gasteiger partial charge in [-0.05, 0) is 42.8 Å². The van der Waals surface area contributed by atoms with Crippen molar-refractivity contribution in [1.82, 2.24) is 10.3 Å². The van der Waals surface area contributed by atoms with E-state index in [9.17, 15) is 0 Å². The Hall–Kier alpha value is -1.32. The van der Waals surface area contributed by atoms with E-state index in [-0.39, 0.29) is 0 Å². The van der Waals surface area contributed by atoms with E-state index in [4.69, 9.17) is 0 Å². The van der Waals surface area contributed by atoms with Crippen molar-refractivity contribution in [2.75, 3.05) is 12.3 Å². The molecular weight excluding hydrogens is 252 g/mol. The first-order valence-electron chi connectivity index (χ1n) is 6.68. The molecule has 0 fully saturated rings. The Bertz CT molecular complexity index is 459. The van der Waals surface area contributed by atoms with Crippen LogP contribution in [0.4, 0.5) is 0 Å². The van der Waals surface area contributed by atoms with Crippen molar-refractivity contribution < 1.29 is 0 Å². The quantitative estimate of drug-likeness (QED) is 0.782. The van der Waals surface area contributed by atoms with Crippen LogP contribution in [0.25, 0.3) is 0 Å². The van der Waals surface area contributed by atoms with Crippen molar-refractivity contribution in [3.05, 3.63) is 60.4 Å². The first-order valence-corrected chi connectivity index (χ1v) is 7.67. The number of rotatable bonds is 7. The Morgan fingerprint density at radius 2 is 1.84 bits per heavy atom. The van der Waals surface area contributed by atoms with Gasteiger partial charge in [0.2, 0.25) is 0 Å². The molecule has 1 unspecified atom stereocenters. The standard InChI is InChI=1S/C16H20N2S/c1-2-18-15(12-14-8-10-17-11-9-14)13-19-16-6-4-3-5-7-16/h3-11,15,18H,2,12-13H2,1H3. The number of benzene rings is 1. The number of nitrogens with zero attached hydrogens (tertiary/aromatic N) is 1. The van der Waals surface area contributed by atoms with E-state index >= 15 is 0 Å². The topological polar surface area (TPSA) is 24.9 Å². The second-order valence-electron chi connectivity index (χ2n) is 4.44. The maximum Gasteiger partial charge on any atom is 0.0270 e. The second-order valence-corrected chi connectivity index (χ2v) is 5.53. The minimum Gasteiger partial charge on any atom is -0.313 e. The van der Waals surface area contributed by atoms with Gasteiger partial charge in [-0.25, -0.2) is 0 Å². The third-order valence-electron chi connectivity index (χ3n) is 2.92. The van der Waals surface area contributed by atoms with Crippen LogP contribution in [-0.2, 0) is 6.42 Å². The Morgan fingerprint density at radius 1 is 1.11 bits per heavy atom. The van der Waals surface area contributed by atoms with Gasteiger partial charge < -0.3 is 5.32 Å². The fourth-order valence-electron chi connectivity index (χ4n) is 2.00. The van der Waals surface area contributed by atoms with Crippen LogP contribution in [0.2, 0.25) is 0 Å². The summed E-state index contributed by atoms with van der Waals surface area (Å²) in [5.74, 6) is 1.08. The third-order valence-corrected chi connectivity index (χ3v) is 4.09. The molecule has 0 aliphatic carbocycles. The molecule has 1 heterocycles. The van der Waals surface area contributed by atoms with Gasteiger partial charge in [-0.3, -0.25) is 4.98 Å². The molecule has 1 aromatic heterocycles. The number of hydrogen-bond acceptors (Lipinski definition) is 3. The van der Waals surface area contributed by atoms with Crippen LogP contribution in [0.15, 0.2) is 59.8 Å². The first kappa shape index (κ1) is 14.1. The van der Waals surface area contributed by atoms with Gasteiger partial charge in [-0.15, -0.1) is 11.8 Å². The molecular formula is C16H20N2S. The number of nitrogens with one attached hydrogen (secondary N) is 1. The Balaban J connectivity index is 1.89. The molecule has 0 aliphatic heterocycles. The van der Waals surface area contributed by atoms with Crippen LogP contribution in [0.5, 0.6) is 0 Å². The molecule has 0 radical (unpaired) electrons. The van der Waals surface area contributed by atoms with Crippen LogP contribution in [0, 0.1) is 0 Å². The van der Waals surface area contributed by atoms with Crippen LogP contribution in [0.3, 0.4) is 0 Å². The van der Waals surface area contributed by atoms with Crippen LogP contribution < -0.4 is 5.32 Å². The number of pyridine rings is 1. The average molecular weight is 272 g/mol. The van der Waals surface area contributed by atoms with Gasteiger partial charge in [0.1, 0.15) is 0 Å². The molecule has 0 saturated heterocycles. The molecule has 2 nitrogen and oxygen atoms in total. The molecule has 19 heavy (non-hydrogen) atoms. The highest BCUT2D eigenvalue weighted by Gasteiger charge is 2.08. The van der Waals surface area contributed by atoms with Crippen molar-refractivity contribution in [2.45, 2.75) is 24.3 Å². The highest BCUT2D eigenvalue weighted by atomic mass is 32.2. The predicted octanol–water partition coefficient (Wildman–Crippen LogP) is 3.39. The Morgan fingerprint density at radius 3 is 2.53 bits per heavy atom. The van der Waals surface area contributed by atoms with E-state index in [2.05, 4.69) is 59.7 Å². The minimum atomic E-state index is 0.498. The van der Waals surface area contributed by atoms with Gasteiger partial charge in [0.25, 0.3) is 0 Å². The molecule has 1 aromatic carbocycles. The lowest BCUT2D eigenvalue weighted by Gasteiger charge is -2.17. The molecule has 1 N–H and O–H groups in total. The summed E-state index contributed by atoms with van der Waals surface area (Å²) < 4.78 is 0. The lowest BCUT2D eigenvalue weighted by Crippen LogP contribution is -2.33. The van der Waals surface area contributed by atoms with E-state index < -0.39 is 0 Å². The minimum absolute atomic E-state index is 0.498. The van der Waals surface area contributed by atoms with Gasteiger partial charge in [-0.1, -0.05) is 25.1 Å². The normalized spacial score (nSPS) is 12.3. The first-order chi connectivity index (χ1) is 9.38. The summed E-state index contributed by atoms with van der Waals surface area (Å²) in [4.78, 5) is 5.40. The molecule has 0 spiro atoms. The Labute approximate surface area is 119 Å².